The fraction of sp³-hybridized carbons (Fsp3) is 0.381. The highest BCUT2D eigenvalue weighted by Crippen LogP contribution is 2.31. The molecule has 30 heavy (non-hydrogen) atoms. The minimum Gasteiger partial charge on any atom is -0.497 e. The number of benzene rings is 1. The molecule has 1 aromatic heterocycles. The van der Waals surface area contributed by atoms with Crippen molar-refractivity contribution in [2.45, 2.75) is 19.4 Å². The van der Waals surface area contributed by atoms with Crippen LogP contribution in [0.25, 0.3) is 0 Å². The SMILES string of the molecule is COC(=O)c1cc(OC)cc(OC)c1C(=O)c1coc(C[C@@H](C)OC)c(OC)c1=O. The Morgan fingerprint density at radius 3 is 2.23 bits per heavy atom. The summed E-state index contributed by atoms with van der Waals surface area (Å²) in [5.41, 5.74) is -1.28. The van der Waals surface area contributed by atoms with Crippen LogP contribution in [0, 0.1) is 0 Å². The van der Waals surface area contributed by atoms with Gasteiger partial charge >= 0.3 is 5.97 Å². The highest BCUT2D eigenvalue weighted by atomic mass is 16.5. The van der Waals surface area contributed by atoms with Crippen molar-refractivity contribution in [3.05, 3.63) is 51.1 Å². The third-order valence-corrected chi connectivity index (χ3v) is 4.51. The molecule has 1 aromatic carbocycles. The van der Waals surface area contributed by atoms with Gasteiger partial charge in [0.2, 0.25) is 17.0 Å². The van der Waals surface area contributed by atoms with Crippen molar-refractivity contribution in [3.63, 3.8) is 0 Å². The van der Waals surface area contributed by atoms with Crippen LogP contribution in [0.4, 0.5) is 0 Å². The fourth-order valence-corrected chi connectivity index (χ4v) is 2.84. The first kappa shape index (κ1) is 23.0. The first-order chi connectivity index (χ1) is 14.3. The van der Waals surface area contributed by atoms with Crippen LogP contribution in [-0.4, -0.2) is 53.4 Å². The Labute approximate surface area is 173 Å². The molecule has 0 fully saturated rings. The van der Waals surface area contributed by atoms with Crippen LogP contribution < -0.4 is 19.6 Å². The van der Waals surface area contributed by atoms with Gasteiger partial charge in [0.05, 0.1) is 45.7 Å². The van der Waals surface area contributed by atoms with Crippen LogP contribution in [0.5, 0.6) is 17.2 Å². The van der Waals surface area contributed by atoms with E-state index in [0.29, 0.717) is 0 Å². The van der Waals surface area contributed by atoms with Gasteiger partial charge in [-0.1, -0.05) is 0 Å². The maximum Gasteiger partial charge on any atom is 0.338 e. The maximum atomic E-state index is 13.3. The van der Waals surface area contributed by atoms with Crippen LogP contribution >= 0.6 is 0 Å². The number of carbonyl (C=O) groups is 2. The summed E-state index contributed by atoms with van der Waals surface area (Å²) in [5.74, 6) is -1.14. The van der Waals surface area contributed by atoms with Crippen LogP contribution in [0.1, 0.15) is 39.0 Å². The quantitative estimate of drug-likeness (QED) is 0.445. The summed E-state index contributed by atoms with van der Waals surface area (Å²) in [6, 6.07) is 2.75. The molecule has 0 aliphatic rings. The Morgan fingerprint density at radius 1 is 1.00 bits per heavy atom. The molecule has 0 N–H and O–H groups in total. The van der Waals surface area contributed by atoms with Gasteiger partial charge in [0.25, 0.3) is 0 Å². The lowest BCUT2D eigenvalue weighted by Crippen LogP contribution is -2.22. The summed E-state index contributed by atoms with van der Waals surface area (Å²) in [6.45, 7) is 1.79. The van der Waals surface area contributed by atoms with Crippen LogP contribution in [0.15, 0.2) is 27.6 Å². The number of hydrogen-bond donors (Lipinski definition) is 0. The molecule has 162 valence electrons. The molecule has 0 spiro atoms. The molecule has 0 bridgehead atoms. The lowest BCUT2D eigenvalue weighted by Gasteiger charge is -2.15. The van der Waals surface area contributed by atoms with Gasteiger partial charge in [-0.25, -0.2) is 4.79 Å². The van der Waals surface area contributed by atoms with Gasteiger partial charge in [0, 0.05) is 19.6 Å². The zero-order chi connectivity index (χ0) is 22.4. The largest absolute Gasteiger partial charge is 0.497 e. The number of carbonyl (C=O) groups excluding carboxylic acids is 2. The van der Waals surface area contributed by atoms with E-state index in [4.69, 9.17) is 28.1 Å². The molecular formula is C21H24O9. The standard InChI is InChI=1S/C21H24O9/c1-11(25-2)7-16-20(28-5)19(23)14(10-30-16)18(22)17-13(21(24)29-6)8-12(26-3)9-15(17)27-4/h8-11H,7H2,1-6H3/t11-/m1/s1. The van der Waals surface area contributed by atoms with Crippen molar-refractivity contribution < 1.29 is 37.7 Å². The number of hydrogen-bond acceptors (Lipinski definition) is 9. The van der Waals surface area contributed by atoms with E-state index in [0.717, 1.165) is 6.26 Å². The zero-order valence-electron chi connectivity index (χ0n) is 17.7. The van der Waals surface area contributed by atoms with Gasteiger partial charge in [-0.15, -0.1) is 0 Å². The minimum absolute atomic E-state index is 0.0372. The lowest BCUT2D eigenvalue weighted by molar-refractivity contribution is 0.0596. The van der Waals surface area contributed by atoms with Gasteiger partial charge < -0.3 is 28.1 Å². The molecule has 0 unspecified atom stereocenters. The Balaban J connectivity index is 2.68. The molecule has 0 saturated carbocycles. The zero-order valence-corrected chi connectivity index (χ0v) is 17.7. The van der Waals surface area contributed by atoms with Crippen LogP contribution in [0.2, 0.25) is 0 Å². The molecule has 0 saturated heterocycles. The second kappa shape index (κ2) is 9.93. The summed E-state index contributed by atoms with van der Waals surface area (Å²) in [7, 11) is 6.72. The molecule has 0 amide bonds. The van der Waals surface area contributed by atoms with E-state index in [1.54, 1.807) is 6.92 Å². The Bertz CT molecular complexity index is 991. The Hall–Kier alpha value is -3.33. The Kier molecular flexibility index (Phi) is 7.60. The monoisotopic (exact) mass is 420 g/mol. The number of ketones is 1. The summed E-state index contributed by atoms with van der Waals surface area (Å²) in [5, 5.41) is 0. The summed E-state index contributed by atoms with van der Waals surface area (Å²) in [6.07, 6.45) is 1.06. The van der Waals surface area contributed by atoms with Crippen molar-refractivity contribution in [1.29, 1.82) is 0 Å². The molecule has 1 heterocycles. The number of esters is 1. The molecule has 2 aromatic rings. The van der Waals surface area contributed by atoms with E-state index in [-0.39, 0.29) is 52.2 Å². The van der Waals surface area contributed by atoms with E-state index in [1.165, 1.54) is 47.7 Å². The number of methoxy groups -OCH3 is 5. The molecule has 2 rings (SSSR count). The molecular weight excluding hydrogens is 396 g/mol. The van der Waals surface area contributed by atoms with Gasteiger partial charge in [-0.3, -0.25) is 9.59 Å². The normalized spacial score (nSPS) is 11.5. The van der Waals surface area contributed by atoms with E-state index in [2.05, 4.69) is 0 Å². The van der Waals surface area contributed by atoms with Gasteiger partial charge in [0.1, 0.15) is 23.3 Å². The molecule has 1 atom stereocenters. The second-order valence-electron chi connectivity index (χ2n) is 6.26. The van der Waals surface area contributed by atoms with Crippen LogP contribution in [-0.2, 0) is 15.9 Å². The fourth-order valence-electron chi connectivity index (χ4n) is 2.84. The van der Waals surface area contributed by atoms with Gasteiger partial charge in [-0.05, 0) is 13.0 Å². The van der Waals surface area contributed by atoms with Crippen molar-refractivity contribution in [2.24, 2.45) is 0 Å². The van der Waals surface area contributed by atoms with Crippen molar-refractivity contribution >= 4 is 11.8 Å². The third kappa shape index (κ3) is 4.46. The highest BCUT2D eigenvalue weighted by Gasteiger charge is 2.29. The number of ether oxygens (including phenoxy) is 5. The average molecular weight is 420 g/mol. The van der Waals surface area contributed by atoms with Crippen molar-refractivity contribution in [1.82, 2.24) is 0 Å². The summed E-state index contributed by atoms with van der Waals surface area (Å²) < 4.78 is 31.1. The van der Waals surface area contributed by atoms with Crippen molar-refractivity contribution in [2.75, 3.05) is 35.5 Å². The summed E-state index contributed by atoms with van der Waals surface area (Å²) in [4.78, 5) is 38.5. The maximum absolute atomic E-state index is 13.3. The first-order valence-electron chi connectivity index (χ1n) is 8.93. The predicted molar refractivity (Wildman–Crippen MR) is 106 cm³/mol. The minimum atomic E-state index is -0.794. The third-order valence-electron chi connectivity index (χ3n) is 4.51. The van der Waals surface area contributed by atoms with Gasteiger partial charge in [0.15, 0.2) is 5.76 Å². The van der Waals surface area contributed by atoms with E-state index in [1.807, 2.05) is 0 Å². The lowest BCUT2D eigenvalue weighted by atomic mass is 9.97. The smallest absolute Gasteiger partial charge is 0.338 e. The highest BCUT2D eigenvalue weighted by molar-refractivity contribution is 6.16. The second-order valence-corrected chi connectivity index (χ2v) is 6.26. The Morgan fingerprint density at radius 2 is 1.70 bits per heavy atom. The average Bonchev–Trinajstić information content (AvgIpc) is 2.77. The number of rotatable bonds is 9. The molecule has 9 nitrogen and oxygen atoms in total. The summed E-state index contributed by atoms with van der Waals surface area (Å²) >= 11 is 0. The first-order valence-corrected chi connectivity index (χ1v) is 8.93. The van der Waals surface area contributed by atoms with E-state index >= 15 is 0 Å². The topological polar surface area (TPSA) is 110 Å². The van der Waals surface area contributed by atoms with E-state index < -0.39 is 17.2 Å². The van der Waals surface area contributed by atoms with E-state index in [9.17, 15) is 14.4 Å². The predicted octanol–water partition coefficient (Wildman–Crippen LogP) is 2.26. The molecule has 0 radical (unpaired) electrons. The van der Waals surface area contributed by atoms with Crippen LogP contribution in [0.3, 0.4) is 0 Å². The molecule has 9 heteroatoms. The molecule has 0 aliphatic carbocycles. The van der Waals surface area contributed by atoms with Gasteiger partial charge in [-0.2, -0.15) is 0 Å². The van der Waals surface area contributed by atoms with Crippen molar-refractivity contribution in [3.8, 4) is 17.2 Å². The molecule has 0 aliphatic heterocycles.